The minimum Gasteiger partial charge on any atom is -0.508 e. The van der Waals surface area contributed by atoms with E-state index in [1.165, 1.54) is 29.2 Å². The van der Waals surface area contributed by atoms with Crippen molar-refractivity contribution in [2.75, 3.05) is 4.90 Å². The summed E-state index contributed by atoms with van der Waals surface area (Å²) < 4.78 is 0. The number of aromatic hydroxyl groups is 3. The van der Waals surface area contributed by atoms with Gasteiger partial charge in [-0.05, 0) is 30.3 Å². The third kappa shape index (κ3) is 1.76. The van der Waals surface area contributed by atoms with E-state index in [4.69, 9.17) is 0 Å². The molecule has 2 aromatic rings. The summed E-state index contributed by atoms with van der Waals surface area (Å²) in [6.07, 6.45) is 0. The molecular weight excluding hydrogens is 246 g/mol. The van der Waals surface area contributed by atoms with Crippen LogP contribution in [0, 0.1) is 0 Å². The van der Waals surface area contributed by atoms with Gasteiger partial charge >= 0.3 is 0 Å². The molecule has 0 unspecified atom stereocenters. The molecule has 2 aromatic carbocycles. The number of amides is 1. The number of rotatable bonds is 1. The first-order chi connectivity index (χ1) is 9.06. The molecule has 0 saturated heterocycles. The van der Waals surface area contributed by atoms with Crippen LogP contribution in [0.2, 0.25) is 0 Å². The fourth-order valence-electron chi connectivity index (χ4n) is 2.22. The highest BCUT2D eigenvalue weighted by Crippen LogP contribution is 2.36. The molecule has 3 rings (SSSR count). The van der Waals surface area contributed by atoms with Crippen molar-refractivity contribution in [1.82, 2.24) is 0 Å². The van der Waals surface area contributed by atoms with Crippen LogP contribution in [0.15, 0.2) is 36.4 Å². The minimum atomic E-state index is -0.285. The standard InChI is InChI=1S/C14H11NO4/c16-9-3-1-8(2-4-9)15-7-12-11(14(15)19)5-10(17)6-13(12)18/h1-6,16-18H,7H2. The average Bonchev–Trinajstić information content (AvgIpc) is 2.69. The Labute approximate surface area is 109 Å². The predicted molar refractivity (Wildman–Crippen MR) is 68.4 cm³/mol. The van der Waals surface area contributed by atoms with Crippen molar-refractivity contribution < 1.29 is 20.1 Å². The summed E-state index contributed by atoms with van der Waals surface area (Å²) in [5.74, 6) is -0.401. The Hall–Kier alpha value is -2.69. The van der Waals surface area contributed by atoms with Gasteiger partial charge in [-0.1, -0.05) is 0 Å². The van der Waals surface area contributed by atoms with E-state index < -0.39 is 0 Å². The first-order valence-electron chi connectivity index (χ1n) is 5.72. The number of phenols is 3. The van der Waals surface area contributed by atoms with Gasteiger partial charge in [0.05, 0.1) is 12.1 Å². The van der Waals surface area contributed by atoms with E-state index in [2.05, 4.69) is 0 Å². The summed E-state index contributed by atoms with van der Waals surface area (Å²) in [5, 5.41) is 28.4. The van der Waals surface area contributed by atoms with Gasteiger partial charge in [-0.2, -0.15) is 0 Å². The van der Waals surface area contributed by atoms with Gasteiger partial charge in [0.15, 0.2) is 0 Å². The van der Waals surface area contributed by atoms with Crippen LogP contribution in [0.3, 0.4) is 0 Å². The fraction of sp³-hybridized carbons (Fsp3) is 0.0714. The van der Waals surface area contributed by atoms with Crippen molar-refractivity contribution in [3.8, 4) is 17.2 Å². The molecule has 3 N–H and O–H groups in total. The van der Waals surface area contributed by atoms with E-state index in [-0.39, 0.29) is 29.7 Å². The molecule has 0 aromatic heterocycles. The molecule has 0 aliphatic carbocycles. The summed E-state index contributed by atoms with van der Waals surface area (Å²) >= 11 is 0. The Bertz CT molecular complexity index is 664. The third-order valence-electron chi connectivity index (χ3n) is 3.16. The van der Waals surface area contributed by atoms with Gasteiger partial charge in [0, 0.05) is 17.3 Å². The maximum Gasteiger partial charge on any atom is 0.259 e. The molecule has 1 aliphatic rings. The van der Waals surface area contributed by atoms with Crippen LogP contribution in [-0.4, -0.2) is 21.2 Å². The van der Waals surface area contributed by atoms with Crippen LogP contribution < -0.4 is 4.90 Å². The summed E-state index contributed by atoms with van der Waals surface area (Å²) in [5.41, 5.74) is 1.42. The van der Waals surface area contributed by atoms with Crippen molar-refractivity contribution in [3.63, 3.8) is 0 Å². The molecule has 0 radical (unpaired) electrons. The van der Waals surface area contributed by atoms with Crippen LogP contribution in [0.1, 0.15) is 15.9 Å². The molecule has 1 heterocycles. The highest BCUT2D eigenvalue weighted by Gasteiger charge is 2.31. The SMILES string of the molecule is O=C1c2cc(O)cc(O)c2CN1c1ccc(O)cc1. The van der Waals surface area contributed by atoms with E-state index in [0.717, 1.165) is 0 Å². The van der Waals surface area contributed by atoms with Crippen molar-refractivity contribution in [3.05, 3.63) is 47.5 Å². The number of hydrogen-bond acceptors (Lipinski definition) is 4. The van der Waals surface area contributed by atoms with Crippen molar-refractivity contribution in [2.24, 2.45) is 0 Å². The van der Waals surface area contributed by atoms with Crippen LogP contribution in [0.4, 0.5) is 5.69 Å². The zero-order valence-corrected chi connectivity index (χ0v) is 9.87. The fourth-order valence-corrected chi connectivity index (χ4v) is 2.22. The normalized spacial score (nSPS) is 13.7. The summed E-state index contributed by atoms with van der Waals surface area (Å²) in [4.78, 5) is 13.7. The van der Waals surface area contributed by atoms with Gasteiger partial charge in [0.2, 0.25) is 0 Å². The number of anilines is 1. The molecule has 0 fully saturated rings. The average molecular weight is 257 g/mol. The highest BCUT2D eigenvalue weighted by atomic mass is 16.3. The van der Waals surface area contributed by atoms with Gasteiger partial charge in [0.1, 0.15) is 17.2 Å². The van der Waals surface area contributed by atoms with Crippen LogP contribution in [0.5, 0.6) is 17.2 Å². The summed E-state index contributed by atoms with van der Waals surface area (Å²) in [6, 6.07) is 8.78. The van der Waals surface area contributed by atoms with Gasteiger partial charge in [-0.15, -0.1) is 0 Å². The number of hydrogen-bond donors (Lipinski definition) is 3. The molecule has 0 bridgehead atoms. The molecule has 0 atom stereocenters. The number of carbonyl (C=O) groups is 1. The van der Waals surface area contributed by atoms with Crippen LogP contribution >= 0.6 is 0 Å². The molecule has 1 aliphatic heterocycles. The first-order valence-corrected chi connectivity index (χ1v) is 5.72. The van der Waals surface area contributed by atoms with Gasteiger partial charge in [0.25, 0.3) is 5.91 Å². The minimum absolute atomic E-state index is 0.0929. The smallest absolute Gasteiger partial charge is 0.259 e. The Morgan fingerprint density at radius 3 is 2.32 bits per heavy atom. The van der Waals surface area contributed by atoms with E-state index in [9.17, 15) is 20.1 Å². The molecule has 0 saturated carbocycles. The Kier molecular flexibility index (Phi) is 2.35. The lowest BCUT2D eigenvalue weighted by molar-refractivity contribution is 0.0996. The Balaban J connectivity index is 2.04. The monoisotopic (exact) mass is 257 g/mol. The zero-order chi connectivity index (χ0) is 13.6. The topological polar surface area (TPSA) is 81.0 Å². The molecule has 96 valence electrons. The van der Waals surface area contributed by atoms with Crippen LogP contribution in [0.25, 0.3) is 0 Å². The van der Waals surface area contributed by atoms with Gasteiger partial charge in [-0.25, -0.2) is 0 Å². The van der Waals surface area contributed by atoms with E-state index in [0.29, 0.717) is 16.8 Å². The number of carbonyl (C=O) groups excluding carboxylic acids is 1. The molecule has 19 heavy (non-hydrogen) atoms. The molecule has 0 spiro atoms. The zero-order valence-electron chi connectivity index (χ0n) is 9.87. The van der Waals surface area contributed by atoms with Crippen molar-refractivity contribution in [1.29, 1.82) is 0 Å². The van der Waals surface area contributed by atoms with Crippen LogP contribution in [-0.2, 0) is 6.54 Å². The Morgan fingerprint density at radius 1 is 0.947 bits per heavy atom. The molecule has 5 nitrogen and oxygen atoms in total. The maximum atomic E-state index is 12.2. The second-order valence-electron chi connectivity index (χ2n) is 4.40. The lowest BCUT2D eigenvalue weighted by Crippen LogP contribution is -2.22. The second-order valence-corrected chi connectivity index (χ2v) is 4.40. The van der Waals surface area contributed by atoms with Crippen molar-refractivity contribution >= 4 is 11.6 Å². The quantitative estimate of drug-likeness (QED) is 0.729. The lowest BCUT2D eigenvalue weighted by Gasteiger charge is -2.15. The van der Waals surface area contributed by atoms with Crippen molar-refractivity contribution in [2.45, 2.75) is 6.54 Å². The lowest BCUT2D eigenvalue weighted by atomic mass is 10.1. The molecular formula is C14H11NO4. The molecule has 1 amide bonds. The maximum absolute atomic E-state index is 12.2. The van der Waals surface area contributed by atoms with E-state index in [1.54, 1.807) is 12.1 Å². The largest absolute Gasteiger partial charge is 0.508 e. The third-order valence-corrected chi connectivity index (χ3v) is 3.16. The molecule has 5 heteroatoms. The number of phenolic OH excluding ortho intramolecular Hbond substituents is 3. The highest BCUT2D eigenvalue weighted by molar-refractivity contribution is 6.10. The van der Waals surface area contributed by atoms with E-state index >= 15 is 0 Å². The number of nitrogens with zero attached hydrogens (tertiary/aromatic N) is 1. The predicted octanol–water partition coefficient (Wildman–Crippen LogP) is 1.96. The van der Waals surface area contributed by atoms with Gasteiger partial charge in [-0.3, -0.25) is 4.79 Å². The van der Waals surface area contributed by atoms with Gasteiger partial charge < -0.3 is 20.2 Å². The summed E-state index contributed by atoms with van der Waals surface area (Å²) in [6.45, 7) is 0.241. The Morgan fingerprint density at radius 2 is 1.63 bits per heavy atom. The number of fused-ring (bicyclic) bond motifs is 1. The first kappa shape index (κ1) is 11.4. The summed E-state index contributed by atoms with van der Waals surface area (Å²) in [7, 11) is 0. The number of benzene rings is 2. The van der Waals surface area contributed by atoms with E-state index in [1.807, 2.05) is 0 Å². The second kappa shape index (κ2) is 3.91.